The second kappa shape index (κ2) is 13.2. The van der Waals surface area contributed by atoms with Gasteiger partial charge in [-0.15, -0.1) is 0 Å². The highest BCUT2D eigenvalue weighted by molar-refractivity contribution is 7.74. The first-order valence-electron chi connectivity index (χ1n) is 10.3. The lowest BCUT2D eigenvalue weighted by Crippen LogP contribution is -2.13. The molecule has 0 aliphatic rings. The quantitative estimate of drug-likeness (QED) is 0.206. The summed E-state index contributed by atoms with van der Waals surface area (Å²) in [7, 11) is -6.70. The van der Waals surface area contributed by atoms with Crippen molar-refractivity contribution in [1.82, 2.24) is 0 Å². The van der Waals surface area contributed by atoms with Gasteiger partial charge < -0.3 is 13.6 Å². The molecule has 0 aromatic carbocycles. The van der Waals surface area contributed by atoms with E-state index in [4.69, 9.17) is 13.6 Å². The lowest BCUT2D eigenvalue weighted by atomic mass is 10.1. The minimum absolute atomic E-state index is 0.181. The molecule has 0 rings (SSSR count). The van der Waals surface area contributed by atoms with Gasteiger partial charge in [0.05, 0.1) is 18.3 Å². The van der Waals surface area contributed by atoms with Crippen LogP contribution in [-0.4, -0.2) is 30.4 Å². The fourth-order valence-corrected chi connectivity index (χ4v) is 8.94. The average molecular weight is 437 g/mol. The average Bonchev–Trinajstić information content (AvgIpc) is 2.42. The van der Waals surface area contributed by atoms with Crippen molar-refractivity contribution < 1.29 is 22.7 Å². The summed E-state index contributed by atoms with van der Waals surface area (Å²) in [5.74, 6) is -0.181. The van der Waals surface area contributed by atoms with Gasteiger partial charge in [0.25, 0.3) is 0 Å². The second-order valence-corrected chi connectivity index (χ2v) is 13.5. The molecule has 0 aliphatic heterocycles. The van der Waals surface area contributed by atoms with E-state index in [1.165, 1.54) is 11.1 Å². The van der Waals surface area contributed by atoms with Crippen molar-refractivity contribution in [2.75, 3.05) is 12.1 Å². The van der Waals surface area contributed by atoms with Crippen LogP contribution in [-0.2, 0) is 22.7 Å². The fraction of sp³-hybridized carbons (Fsp3) is 0.810. The van der Waals surface area contributed by atoms with Gasteiger partial charge in [0.1, 0.15) is 5.90 Å². The van der Waals surface area contributed by atoms with E-state index in [2.05, 4.69) is 32.9 Å². The molecule has 0 saturated heterocycles. The van der Waals surface area contributed by atoms with Crippen LogP contribution in [0.15, 0.2) is 23.3 Å². The summed E-state index contributed by atoms with van der Waals surface area (Å²) in [6, 6.07) is 0. The summed E-state index contributed by atoms with van der Waals surface area (Å²) in [6.45, 7) is 17.1. The number of allylic oxidation sites excluding steroid dienone is 4. The maximum Gasteiger partial charge on any atom is 0.340 e. The van der Waals surface area contributed by atoms with Gasteiger partial charge in [-0.1, -0.05) is 23.3 Å². The third-order valence-electron chi connectivity index (χ3n) is 3.59. The fourth-order valence-electron chi connectivity index (χ4n) is 2.74. The van der Waals surface area contributed by atoms with Gasteiger partial charge in [-0.25, -0.2) is 0 Å². The molecule has 166 valence electrons. The van der Waals surface area contributed by atoms with Crippen molar-refractivity contribution in [3.63, 3.8) is 0 Å². The van der Waals surface area contributed by atoms with E-state index in [1.807, 2.05) is 13.8 Å². The van der Waals surface area contributed by atoms with Crippen LogP contribution in [0.3, 0.4) is 0 Å². The summed E-state index contributed by atoms with van der Waals surface area (Å²) in [6.07, 6.45) is 6.46. The van der Waals surface area contributed by atoms with E-state index in [1.54, 1.807) is 27.7 Å². The van der Waals surface area contributed by atoms with Gasteiger partial charge in [0.15, 0.2) is 0 Å². The van der Waals surface area contributed by atoms with Crippen LogP contribution in [0.1, 0.15) is 81.6 Å². The van der Waals surface area contributed by atoms with Gasteiger partial charge in [0, 0.05) is 6.16 Å². The van der Waals surface area contributed by atoms with E-state index >= 15 is 0 Å². The number of hydrogen-bond acceptors (Lipinski definition) is 5. The standard InChI is InChI=1S/C21H42O5P2/c1-17(2)12-10-13-21(9)14-11-15-27(22,24-18(3)4)16-28(23,25-19(5)6)26-20(7)8/h12,14,18-20H,10-11,13,15-16H2,1-9H3/b21-14+. The zero-order valence-corrected chi connectivity index (χ0v) is 21.1. The maximum absolute atomic E-state index is 13.5. The first-order valence-corrected chi connectivity index (χ1v) is 14.0. The molecule has 0 spiro atoms. The molecule has 0 bridgehead atoms. The molecule has 0 heterocycles. The SMILES string of the molecule is CC(C)=CCC/C(C)=C/CCP(=O)(CP(=O)(OC(C)C)OC(C)C)OC(C)C. The van der Waals surface area contributed by atoms with E-state index in [9.17, 15) is 9.13 Å². The third kappa shape index (κ3) is 13.9. The van der Waals surface area contributed by atoms with Gasteiger partial charge in [0.2, 0.25) is 7.37 Å². The van der Waals surface area contributed by atoms with Crippen LogP contribution in [0.4, 0.5) is 0 Å². The summed E-state index contributed by atoms with van der Waals surface area (Å²) >= 11 is 0. The van der Waals surface area contributed by atoms with Crippen LogP contribution < -0.4 is 0 Å². The van der Waals surface area contributed by atoms with Crippen molar-refractivity contribution in [3.8, 4) is 0 Å². The molecular weight excluding hydrogens is 394 g/mol. The Hall–Kier alpha value is -0.180. The Labute approximate surface area is 173 Å². The Morgan fingerprint density at radius 2 is 1.29 bits per heavy atom. The lowest BCUT2D eigenvalue weighted by Gasteiger charge is -2.27. The first kappa shape index (κ1) is 27.8. The monoisotopic (exact) mass is 436 g/mol. The Bertz CT molecular complexity index is 588. The highest BCUT2D eigenvalue weighted by atomic mass is 31.2. The Kier molecular flexibility index (Phi) is 13.1. The van der Waals surface area contributed by atoms with Crippen molar-refractivity contribution in [3.05, 3.63) is 23.3 Å². The largest absolute Gasteiger partial charge is 0.340 e. The third-order valence-corrected chi connectivity index (χ3v) is 9.93. The molecule has 0 radical (unpaired) electrons. The lowest BCUT2D eigenvalue weighted by molar-refractivity contribution is 0.144. The van der Waals surface area contributed by atoms with E-state index in [0.717, 1.165) is 12.8 Å². The summed E-state index contributed by atoms with van der Waals surface area (Å²) < 4.78 is 43.7. The molecule has 1 unspecified atom stereocenters. The number of rotatable bonds is 14. The summed E-state index contributed by atoms with van der Waals surface area (Å²) in [4.78, 5) is 0. The topological polar surface area (TPSA) is 61.8 Å². The molecule has 7 heteroatoms. The Balaban J connectivity index is 5.21. The van der Waals surface area contributed by atoms with Crippen LogP contribution >= 0.6 is 15.0 Å². The van der Waals surface area contributed by atoms with Gasteiger partial charge in [-0.2, -0.15) is 0 Å². The maximum atomic E-state index is 13.5. The van der Waals surface area contributed by atoms with Crippen LogP contribution in [0.25, 0.3) is 0 Å². The van der Waals surface area contributed by atoms with Crippen molar-refractivity contribution >= 4 is 15.0 Å². The highest BCUT2D eigenvalue weighted by Crippen LogP contribution is 2.65. The molecule has 0 aliphatic carbocycles. The van der Waals surface area contributed by atoms with Crippen molar-refractivity contribution in [2.45, 2.75) is 99.9 Å². The molecule has 0 fully saturated rings. The van der Waals surface area contributed by atoms with Crippen LogP contribution in [0.5, 0.6) is 0 Å². The zero-order valence-electron chi connectivity index (χ0n) is 19.4. The number of hydrogen-bond donors (Lipinski definition) is 0. The Morgan fingerprint density at radius 1 is 0.786 bits per heavy atom. The van der Waals surface area contributed by atoms with Gasteiger partial charge in [-0.05, 0) is 81.6 Å². The smallest absolute Gasteiger partial charge is 0.325 e. The molecule has 0 N–H and O–H groups in total. The molecule has 0 amide bonds. The normalized spacial score (nSPS) is 15.4. The predicted molar refractivity (Wildman–Crippen MR) is 121 cm³/mol. The zero-order chi connectivity index (χ0) is 22.0. The molecular formula is C21H42O5P2. The molecule has 5 nitrogen and oxygen atoms in total. The predicted octanol–water partition coefficient (Wildman–Crippen LogP) is 7.77. The van der Waals surface area contributed by atoms with Crippen molar-refractivity contribution in [2.24, 2.45) is 0 Å². The minimum atomic E-state index is -3.52. The van der Waals surface area contributed by atoms with Crippen molar-refractivity contribution in [1.29, 1.82) is 0 Å². The van der Waals surface area contributed by atoms with E-state index in [0.29, 0.717) is 12.6 Å². The molecule has 0 aromatic heterocycles. The van der Waals surface area contributed by atoms with Crippen LogP contribution in [0.2, 0.25) is 0 Å². The summed E-state index contributed by atoms with van der Waals surface area (Å²) in [5.41, 5.74) is 2.57. The van der Waals surface area contributed by atoms with Crippen LogP contribution in [0, 0.1) is 0 Å². The molecule has 0 saturated carbocycles. The van der Waals surface area contributed by atoms with Gasteiger partial charge in [-0.3, -0.25) is 9.13 Å². The summed E-state index contributed by atoms with van der Waals surface area (Å²) in [5, 5.41) is 0. The second-order valence-electron chi connectivity index (χ2n) is 8.41. The first-order chi connectivity index (χ1) is 12.8. The van der Waals surface area contributed by atoms with E-state index < -0.39 is 15.0 Å². The molecule has 0 aromatic rings. The minimum Gasteiger partial charge on any atom is -0.325 e. The Morgan fingerprint density at radius 3 is 1.71 bits per heavy atom. The van der Waals surface area contributed by atoms with Gasteiger partial charge >= 0.3 is 7.60 Å². The molecule has 28 heavy (non-hydrogen) atoms. The molecule has 1 atom stereocenters. The highest BCUT2D eigenvalue weighted by Gasteiger charge is 2.39. The van der Waals surface area contributed by atoms with E-state index in [-0.39, 0.29) is 24.2 Å².